The highest BCUT2D eigenvalue weighted by molar-refractivity contribution is 5.74. The lowest BCUT2D eigenvalue weighted by Crippen LogP contribution is -2.11. The van der Waals surface area contributed by atoms with Crippen LogP contribution in [0.25, 0.3) is 0 Å². The molecule has 88 valence electrons. The third kappa shape index (κ3) is 3.55. The first-order valence-electron chi connectivity index (χ1n) is 5.14. The van der Waals surface area contributed by atoms with Crippen molar-refractivity contribution >= 4 is 5.97 Å². The van der Waals surface area contributed by atoms with Crippen LogP contribution in [0.1, 0.15) is 25.5 Å². The molecule has 1 unspecified atom stereocenters. The number of aliphatic hydroxyl groups is 1. The molecule has 0 saturated heterocycles. The van der Waals surface area contributed by atoms with Crippen LogP contribution in [-0.4, -0.2) is 22.8 Å². The van der Waals surface area contributed by atoms with E-state index in [2.05, 4.69) is 0 Å². The summed E-state index contributed by atoms with van der Waals surface area (Å²) >= 11 is 0. The Morgan fingerprint density at radius 3 is 2.69 bits per heavy atom. The topological polar surface area (TPSA) is 66.8 Å². The molecule has 0 aliphatic heterocycles. The Bertz CT molecular complexity index is 360. The Labute approximate surface area is 94.5 Å². The van der Waals surface area contributed by atoms with Crippen molar-refractivity contribution in [2.24, 2.45) is 5.92 Å². The van der Waals surface area contributed by atoms with E-state index in [9.17, 15) is 9.90 Å². The van der Waals surface area contributed by atoms with Crippen LogP contribution in [0.15, 0.2) is 24.3 Å². The van der Waals surface area contributed by atoms with Crippen LogP contribution in [0.2, 0.25) is 0 Å². The summed E-state index contributed by atoms with van der Waals surface area (Å²) in [6.45, 7) is 4.61. The summed E-state index contributed by atoms with van der Waals surface area (Å²) in [6.07, 6.45) is -1.50. The first-order chi connectivity index (χ1) is 7.50. The van der Waals surface area contributed by atoms with Crippen molar-refractivity contribution in [3.8, 4) is 5.75 Å². The zero-order valence-electron chi connectivity index (χ0n) is 9.38. The maximum absolute atomic E-state index is 10.6. The molecule has 0 aromatic heterocycles. The van der Waals surface area contributed by atoms with Crippen molar-refractivity contribution in [1.82, 2.24) is 0 Å². The van der Waals surface area contributed by atoms with Gasteiger partial charge in [-0.05, 0) is 23.6 Å². The van der Waals surface area contributed by atoms with E-state index in [4.69, 9.17) is 9.84 Å². The molecule has 2 N–H and O–H groups in total. The number of ether oxygens (including phenoxy) is 1. The van der Waals surface area contributed by atoms with E-state index in [0.717, 1.165) is 0 Å². The molecule has 1 aromatic rings. The van der Waals surface area contributed by atoms with Gasteiger partial charge in [-0.1, -0.05) is 26.0 Å². The number of carboxylic acids is 1. The molecule has 0 radical (unpaired) electrons. The summed E-state index contributed by atoms with van der Waals surface area (Å²) in [5.74, 6) is -0.291. The van der Waals surface area contributed by atoms with Crippen molar-refractivity contribution in [2.75, 3.05) is 6.61 Å². The maximum atomic E-state index is 10.6. The summed E-state index contributed by atoms with van der Waals surface area (Å²) in [5, 5.41) is 18.0. The number of hydrogen-bond acceptors (Lipinski definition) is 3. The Balaban J connectivity index is 2.74. The van der Waals surface area contributed by atoms with E-state index in [-0.39, 0.29) is 0 Å². The zero-order chi connectivity index (χ0) is 12.1. The fraction of sp³-hybridized carbons (Fsp3) is 0.417. The quantitative estimate of drug-likeness (QED) is 0.800. The highest BCUT2D eigenvalue weighted by Crippen LogP contribution is 2.19. The van der Waals surface area contributed by atoms with E-state index >= 15 is 0 Å². The SMILES string of the molecule is CC(C)COc1cccc(C(O)C(=O)O)c1. The first kappa shape index (κ1) is 12.5. The van der Waals surface area contributed by atoms with E-state index in [1.807, 2.05) is 13.8 Å². The molecule has 0 saturated carbocycles. The molecule has 0 heterocycles. The second-order valence-corrected chi connectivity index (χ2v) is 4.02. The standard InChI is InChI=1S/C12H16O4/c1-8(2)7-16-10-5-3-4-9(6-10)11(13)12(14)15/h3-6,8,11,13H,7H2,1-2H3,(H,14,15). The number of benzene rings is 1. The molecule has 1 rings (SSSR count). The van der Waals surface area contributed by atoms with Gasteiger partial charge < -0.3 is 14.9 Å². The third-order valence-electron chi connectivity index (χ3n) is 1.99. The van der Waals surface area contributed by atoms with Gasteiger partial charge in [0.05, 0.1) is 6.61 Å². The van der Waals surface area contributed by atoms with Gasteiger partial charge in [-0.3, -0.25) is 0 Å². The average Bonchev–Trinajstić information content (AvgIpc) is 2.25. The van der Waals surface area contributed by atoms with Crippen molar-refractivity contribution in [2.45, 2.75) is 20.0 Å². The lowest BCUT2D eigenvalue weighted by Gasteiger charge is -2.11. The fourth-order valence-electron chi connectivity index (χ4n) is 1.18. The molecule has 0 spiro atoms. The van der Waals surface area contributed by atoms with Gasteiger partial charge in [0, 0.05) is 0 Å². The molecular formula is C12H16O4. The van der Waals surface area contributed by atoms with Crippen LogP contribution in [0, 0.1) is 5.92 Å². The van der Waals surface area contributed by atoms with Gasteiger partial charge in [-0.25, -0.2) is 4.79 Å². The number of aliphatic hydroxyl groups excluding tert-OH is 1. The van der Waals surface area contributed by atoms with Crippen LogP contribution < -0.4 is 4.74 Å². The maximum Gasteiger partial charge on any atom is 0.337 e. The first-order valence-corrected chi connectivity index (χ1v) is 5.14. The summed E-state index contributed by atoms with van der Waals surface area (Å²) < 4.78 is 5.43. The molecule has 0 amide bonds. The second-order valence-electron chi connectivity index (χ2n) is 4.02. The molecule has 0 aliphatic rings. The molecule has 4 heteroatoms. The highest BCUT2D eigenvalue weighted by Gasteiger charge is 2.16. The Morgan fingerprint density at radius 2 is 2.12 bits per heavy atom. The summed E-state index contributed by atoms with van der Waals surface area (Å²) in [6, 6.07) is 6.50. The van der Waals surface area contributed by atoms with Crippen LogP contribution in [0.3, 0.4) is 0 Å². The number of carboxylic acid groups (broad SMARTS) is 1. The number of rotatable bonds is 5. The zero-order valence-corrected chi connectivity index (χ0v) is 9.38. The van der Waals surface area contributed by atoms with Crippen LogP contribution in [0.5, 0.6) is 5.75 Å². The van der Waals surface area contributed by atoms with Crippen molar-refractivity contribution in [3.05, 3.63) is 29.8 Å². The summed E-state index contributed by atoms with van der Waals surface area (Å²) in [5.41, 5.74) is 0.328. The largest absolute Gasteiger partial charge is 0.493 e. The van der Waals surface area contributed by atoms with Gasteiger partial charge in [-0.15, -0.1) is 0 Å². The van der Waals surface area contributed by atoms with Gasteiger partial charge in [-0.2, -0.15) is 0 Å². The Morgan fingerprint density at radius 1 is 1.44 bits per heavy atom. The molecule has 4 nitrogen and oxygen atoms in total. The van der Waals surface area contributed by atoms with E-state index in [1.165, 1.54) is 0 Å². The number of aliphatic carboxylic acids is 1. The highest BCUT2D eigenvalue weighted by atomic mass is 16.5. The molecular weight excluding hydrogens is 208 g/mol. The molecule has 0 bridgehead atoms. The summed E-state index contributed by atoms with van der Waals surface area (Å²) in [4.78, 5) is 10.6. The average molecular weight is 224 g/mol. The normalized spacial score (nSPS) is 12.5. The predicted octanol–water partition coefficient (Wildman–Crippen LogP) is 1.84. The smallest absolute Gasteiger partial charge is 0.337 e. The van der Waals surface area contributed by atoms with Crippen molar-refractivity contribution in [3.63, 3.8) is 0 Å². The molecule has 1 aromatic carbocycles. The summed E-state index contributed by atoms with van der Waals surface area (Å²) in [7, 11) is 0. The lowest BCUT2D eigenvalue weighted by atomic mass is 10.1. The van der Waals surface area contributed by atoms with Crippen LogP contribution >= 0.6 is 0 Å². The number of hydrogen-bond donors (Lipinski definition) is 2. The van der Waals surface area contributed by atoms with Gasteiger partial charge in [0.15, 0.2) is 6.10 Å². The third-order valence-corrected chi connectivity index (χ3v) is 1.99. The van der Waals surface area contributed by atoms with E-state index in [1.54, 1.807) is 24.3 Å². The minimum Gasteiger partial charge on any atom is -0.493 e. The second kappa shape index (κ2) is 5.51. The van der Waals surface area contributed by atoms with E-state index in [0.29, 0.717) is 23.8 Å². The Hall–Kier alpha value is -1.55. The van der Waals surface area contributed by atoms with Crippen LogP contribution in [-0.2, 0) is 4.79 Å². The molecule has 0 aliphatic carbocycles. The molecule has 0 fully saturated rings. The van der Waals surface area contributed by atoms with Gasteiger partial charge >= 0.3 is 5.97 Å². The van der Waals surface area contributed by atoms with Gasteiger partial charge in [0.1, 0.15) is 5.75 Å². The van der Waals surface area contributed by atoms with Crippen LogP contribution in [0.4, 0.5) is 0 Å². The van der Waals surface area contributed by atoms with Gasteiger partial charge in [0.2, 0.25) is 0 Å². The monoisotopic (exact) mass is 224 g/mol. The van der Waals surface area contributed by atoms with Crippen molar-refractivity contribution < 1.29 is 19.7 Å². The van der Waals surface area contributed by atoms with Gasteiger partial charge in [0.25, 0.3) is 0 Å². The molecule has 16 heavy (non-hydrogen) atoms. The Kier molecular flexibility index (Phi) is 4.31. The van der Waals surface area contributed by atoms with Crippen molar-refractivity contribution in [1.29, 1.82) is 0 Å². The predicted molar refractivity (Wildman–Crippen MR) is 59.4 cm³/mol. The fourth-order valence-corrected chi connectivity index (χ4v) is 1.18. The minimum atomic E-state index is -1.50. The number of carbonyl (C=O) groups is 1. The molecule has 1 atom stereocenters. The van der Waals surface area contributed by atoms with E-state index < -0.39 is 12.1 Å². The minimum absolute atomic E-state index is 0.328. The lowest BCUT2D eigenvalue weighted by molar-refractivity contribution is -0.146.